The van der Waals surface area contributed by atoms with E-state index in [0.29, 0.717) is 24.5 Å². The number of hydrogen-bond acceptors (Lipinski definition) is 2. The Morgan fingerprint density at radius 2 is 1.77 bits per heavy atom. The largest absolute Gasteiger partial charge is 0.488 e. The fourth-order valence-corrected chi connectivity index (χ4v) is 2.92. The lowest BCUT2D eigenvalue weighted by Gasteiger charge is -2.18. The first-order chi connectivity index (χ1) is 10.8. The van der Waals surface area contributed by atoms with Crippen LogP contribution in [0.1, 0.15) is 11.1 Å². The molecule has 3 heteroatoms. The fraction of sp³-hybridized carbons (Fsp3) is 0.105. The van der Waals surface area contributed by atoms with Gasteiger partial charge in [0.1, 0.15) is 12.4 Å². The molecule has 0 bridgehead atoms. The number of pyridine rings is 1. The van der Waals surface area contributed by atoms with Gasteiger partial charge in [-0.25, -0.2) is 0 Å². The zero-order chi connectivity index (χ0) is 14.9. The smallest absolute Gasteiger partial charge is 0.262 e. The van der Waals surface area contributed by atoms with Gasteiger partial charge in [-0.15, -0.1) is 0 Å². The third-order valence-electron chi connectivity index (χ3n) is 3.95. The molecule has 0 unspecified atom stereocenters. The molecule has 2 aromatic carbocycles. The minimum absolute atomic E-state index is 0.00602. The van der Waals surface area contributed by atoms with Crippen LogP contribution in [0.5, 0.6) is 5.75 Å². The van der Waals surface area contributed by atoms with Crippen LogP contribution >= 0.6 is 0 Å². The van der Waals surface area contributed by atoms with Crippen molar-refractivity contribution in [1.82, 2.24) is 4.57 Å². The Morgan fingerprint density at radius 1 is 1.00 bits per heavy atom. The Kier molecular flexibility index (Phi) is 3.04. The molecule has 22 heavy (non-hydrogen) atoms. The van der Waals surface area contributed by atoms with E-state index in [9.17, 15) is 4.79 Å². The summed E-state index contributed by atoms with van der Waals surface area (Å²) in [6.07, 6.45) is 3.75. The Morgan fingerprint density at radius 3 is 2.64 bits per heavy atom. The molecule has 1 aromatic heterocycles. The first kappa shape index (κ1) is 12.9. The summed E-state index contributed by atoms with van der Waals surface area (Å²) in [5.41, 5.74) is 2.65. The lowest BCUT2D eigenvalue weighted by atomic mass is 10.1. The summed E-state index contributed by atoms with van der Waals surface area (Å²) >= 11 is 0. The summed E-state index contributed by atoms with van der Waals surface area (Å²) in [5.74, 6) is 0.701. The highest BCUT2D eigenvalue weighted by Crippen LogP contribution is 2.30. The summed E-state index contributed by atoms with van der Waals surface area (Å²) in [4.78, 5) is 12.9. The summed E-state index contributed by atoms with van der Waals surface area (Å²) in [5, 5.41) is 0.984. The second-order valence-corrected chi connectivity index (χ2v) is 5.35. The quantitative estimate of drug-likeness (QED) is 0.723. The molecule has 0 saturated heterocycles. The van der Waals surface area contributed by atoms with Gasteiger partial charge in [-0.1, -0.05) is 42.5 Å². The van der Waals surface area contributed by atoms with Gasteiger partial charge in [0.05, 0.1) is 17.6 Å². The first-order valence-corrected chi connectivity index (χ1v) is 7.33. The number of ether oxygens (including phenoxy) is 1. The molecule has 0 N–H and O–H groups in total. The second-order valence-electron chi connectivity index (χ2n) is 5.35. The highest BCUT2D eigenvalue weighted by atomic mass is 16.5. The standard InChI is InChI=1S/C19H15NO2/c21-19-16-10-6-12-22-18(16)15-9-4-5-11-17(15)20(19)13-14-7-2-1-3-8-14/h1-11H,12-13H2. The van der Waals surface area contributed by atoms with Crippen molar-refractivity contribution in [3.8, 4) is 5.75 Å². The maximum absolute atomic E-state index is 12.9. The third-order valence-corrected chi connectivity index (χ3v) is 3.95. The lowest BCUT2D eigenvalue weighted by Crippen LogP contribution is -2.25. The molecule has 0 aliphatic carbocycles. The van der Waals surface area contributed by atoms with Crippen LogP contribution in [0, 0.1) is 0 Å². The predicted molar refractivity (Wildman–Crippen MR) is 88.3 cm³/mol. The van der Waals surface area contributed by atoms with Crippen LogP contribution in [-0.4, -0.2) is 11.2 Å². The Labute approximate surface area is 128 Å². The minimum Gasteiger partial charge on any atom is -0.488 e. The van der Waals surface area contributed by atoms with E-state index >= 15 is 0 Å². The molecular formula is C19H15NO2. The molecule has 3 aromatic rings. The van der Waals surface area contributed by atoms with Gasteiger partial charge in [0.15, 0.2) is 0 Å². The van der Waals surface area contributed by atoms with Gasteiger partial charge in [0, 0.05) is 5.39 Å². The maximum atomic E-state index is 12.9. The summed E-state index contributed by atoms with van der Waals surface area (Å²) in [6.45, 7) is 1.07. The summed E-state index contributed by atoms with van der Waals surface area (Å²) in [7, 11) is 0. The van der Waals surface area contributed by atoms with Crippen LogP contribution in [0.3, 0.4) is 0 Å². The molecule has 0 amide bonds. The maximum Gasteiger partial charge on any atom is 0.262 e. The average molecular weight is 289 g/mol. The molecule has 0 fully saturated rings. The molecule has 108 valence electrons. The van der Waals surface area contributed by atoms with E-state index in [1.165, 1.54) is 0 Å². The van der Waals surface area contributed by atoms with Crippen molar-refractivity contribution in [3.63, 3.8) is 0 Å². The van der Waals surface area contributed by atoms with Crippen LogP contribution in [0.2, 0.25) is 0 Å². The van der Waals surface area contributed by atoms with Crippen LogP contribution in [0.25, 0.3) is 17.0 Å². The van der Waals surface area contributed by atoms with E-state index in [4.69, 9.17) is 4.74 Å². The van der Waals surface area contributed by atoms with Crippen molar-refractivity contribution in [1.29, 1.82) is 0 Å². The zero-order valence-corrected chi connectivity index (χ0v) is 12.0. The van der Waals surface area contributed by atoms with E-state index in [1.54, 1.807) is 0 Å². The SMILES string of the molecule is O=c1c2c(c3ccccc3n1Cc1ccccc1)OCC=C2. The summed E-state index contributed by atoms with van der Waals surface area (Å²) in [6, 6.07) is 17.9. The van der Waals surface area contributed by atoms with E-state index in [1.807, 2.05) is 71.3 Å². The van der Waals surface area contributed by atoms with Crippen LogP contribution in [-0.2, 0) is 6.54 Å². The van der Waals surface area contributed by atoms with Crippen molar-refractivity contribution >= 4 is 17.0 Å². The second kappa shape index (κ2) is 5.19. The number of fused-ring (bicyclic) bond motifs is 3. The Hall–Kier alpha value is -2.81. The first-order valence-electron chi connectivity index (χ1n) is 7.33. The predicted octanol–water partition coefficient (Wildman–Crippen LogP) is 3.46. The lowest BCUT2D eigenvalue weighted by molar-refractivity contribution is 0.361. The number of aromatic nitrogens is 1. The number of para-hydroxylation sites is 1. The minimum atomic E-state index is -0.00602. The number of nitrogens with zero attached hydrogens (tertiary/aromatic N) is 1. The van der Waals surface area contributed by atoms with E-state index in [0.717, 1.165) is 16.5 Å². The molecule has 1 aliphatic rings. The number of hydrogen-bond donors (Lipinski definition) is 0. The Bertz CT molecular complexity index is 923. The van der Waals surface area contributed by atoms with Crippen LogP contribution in [0.15, 0.2) is 65.5 Å². The van der Waals surface area contributed by atoms with Gasteiger partial charge >= 0.3 is 0 Å². The molecule has 3 nitrogen and oxygen atoms in total. The van der Waals surface area contributed by atoms with E-state index in [-0.39, 0.29) is 5.56 Å². The Balaban J connectivity index is 2.00. The van der Waals surface area contributed by atoms with Gasteiger partial charge in [-0.05, 0) is 29.8 Å². The highest BCUT2D eigenvalue weighted by Gasteiger charge is 2.17. The molecule has 0 spiro atoms. The molecule has 2 heterocycles. The third kappa shape index (κ3) is 2.02. The van der Waals surface area contributed by atoms with E-state index in [2.05, 4.69) is 0 Å². The molecule has 0 saturated carbocycles. The number of rotatable bonds is 2. The molecular weight excluding hydrogens is 274 g/mol. The van der Waals surface area contributed by atoms with E-state index < -0.39 is 0 Å². The zero-order valence-electron chi connectivity index (χ0n) is 12.0. The van der Waals surface area contributed by atoms with Gasteiger partial charge in [-0.2, -0.15) is 0 Å². The van der Waals surface area contributed by atoms with Crippen molar-refractivity contribution < 1.29 is 4.74 Å². The van der Waals surface area contributed by atoms with Gasteiger partial charge in [-0.3, -0.25) is 4.79 Å². The summed E-state index contributed by atoms with van der Waals surface area (Å²) < 4.78 is 7.54. The van der Waals surface area contributed by atoms with Gasteiger partial charge in [0.25, 0.3) is 5.56 Å². The van der Waals surface area contributed by atoms with Crippen molar-refractivity contribution in [2.45, 2.75) is 6.54 Å². The average Bonchev–Trinajstić information content (AvgIpc) is 2.59. The van der Waals surface area contributed by atoms with Crippen molar-refractivity contribution in [2.24, 2.45) is 0 Å². The molecule has 0 radical (unpaired) electrons. The number of benzene rings is 2. The monoisotopic (exact) mass is 289 g/mol. The highest BCUT2D eigenvalue weighted by molar-refractivity contribution is 5.89. The van der Waals surface area contributed by atoms with Crippen LogP contribution in [0.4, 0.5) is 0 Å². The molecule has 1 aliphatic heterocycles. The van der Waals surface area contributed by atoms with Crippen LogP contribution < -0.4 is 10.3 Å². The van der Waals surface area contributed by atoms with Crippen molar-refractivity contribution in [3.05, 3.63) is 82.2 Å². The topological polar surface area (TPSA) is 31.2 Å². The normalized spacial score (nSPS) is 12.9. The molecule has 0 atom stereocenters. The van der Waals surface area contributed by atoms with Gasteiger partial charge < -0.3 is 9.30 Å². The van der Waals surface area contributed by atoms with Crippen molar-refractivity contribution in [2.75, 3.05) is 6.61 Å². The van der Waals surface area contributed by atoms with Gasteiger partial charge in [0.2, 0.25) is 0 Å². The molecule has 4 rings (SSSR count). The fourth-order valence-electron chi connectivity index (χ4n) is 2.92.